The number of carbonyl (C=O) groups excluding carboxylic acids is 1. The fraction of sp³-hybridized carbons (Fsp3) is 0.333. The monoisotopic (exact) mass is 465 g/mol. The van der Waals surface area contributed by atoms with Crippen molar-refractivity contribution in [2.75, 3.05) is 27.3 Å². The molecule has 1 aliphatic rings. The molecule has 1 heterocycles. The maximum absolute atomic E-state index is 13.0. The van der Waals surface area contributed by atoms with Gasteiger partial charge in [0, 0.05) is 35.7 Å². The summed E-state index contributed by atoms with van der Waals surface area (Å²) in [7, 11) is -0.767. The van der Waals surface area contributed by atoms with Gasteiger partial charge in [-0.05, 0) is 31.0 Å². The number of methoxy groups -OCH3 is 2. The van der Waals surface area contributed by atoms with Crippen molar-refractivity contribution in [2.45, 2.75) is 17.7 Å². The number of piperidine rings is 1. The minimum absolute atomic E-state index is 0.123. The van der Waals surface area contributed by atoms with Crippen LogP contribution in [-0.4, -0.2) is 52.2 Å². The first-order chi connectivity index (χ1) is 14.9. The lowest BCUT2D eigenvalue weighted by atomic mass is 9.98. The zero-order valence-electron chi connectivity index (χ0n) is 17.2. The zero-order chi connectivity index (χ0) is 22.4. The molecular weight excluding hydrogens is 442 g/mol. The van der Waals surface area contributed by atoms with Gasteiger partial charge in [-0.2, -0.15) is 9.41 Å². The highest BCUT2D eigenvalue weighted by atomic mass is 35.5. The van der Waals surface area contributed by atoms with Gasteiger partial charge >= 0.3 is 0 Å². The van der Waals surface area contributed by atoms with Gasteiger partial charge in [0.05, 0.1) is 25.3 Å². The second-order valence-corrected chi connectivity index (χ2v) is 9.30. The molecule has 0 radical (unpaired) electrons. The van der Waals surface area contributed by atoms with Gasteiger partial charge < -0.3 is 9.47 Å². The van der Waals surface area contributed by atoms with E-state index in [1.54, 1.807) is 18.2 Å². The maximum Gasteiger partial charge on any atom is 0.243 e. The molecule has 0 unspecified atom stereocenters. The van der Waals surface area contributed by atoms with Gasteiger partial charge in [-0.1, -0.05) is 29.8 Å². The molecule has 2 aromatic rings. The Morgan fingerprint density at radius 2 is 1.81 bits per heavy atom. The Morgan fingerprint density at radius 1 is 1.13 bits per heavy atom. The number of nitrogens with one attached hydrogen (secondary N) is 1. The first-order valence-electron chi connectivity index (χ1n) is 9.66. The highest BCUT2D eigenvalue weighted by molar-refractivity contribution is 7.89. The molecule has 0 spiro atoms. The van der Waals surface area contributed by atoms with Crippen LogP contribution in [0.2, 0.25) is 5.02 Å². The van der Waals surface area contributed by atoms with E-state index in [1.807, 2.05) is 12.1 Å². The molecular formula is C21H24ClN3O5S. The molecule has 166 valence electrons. The van der Waals surface area contributed by atoms with Crippen LogP contribution >= 0.6 is 11.6 Å². The van der Waals surface area contributed by atoms with E-state index in [-0.39, 0.29) is 29.8 Å². The number of halogens is 1. The second-order valence-electron chi connectivity index (χ2n) is 6.95. The summed E-state index contributed by atoms with van der Waals surface area (Å²) in [5.74, 6) is 0.232. The van der Waals surface area contributed by atoms with Crippen molar-refractivity contribution in [3.8, 4) is 11.5 Å². The van der Waals surface area contributed by atoms with Gasteiger partial charge in [-0.25, -0.2) is 13.8 Å². The van der Waals surface area contributed by atoms with E-state index in [2.05, 4.69) is 10.5 Å². The molecule has 0 aliphatic carbocycles. The number of rotatable bonds is 7. The molecule has 0 saturated carbocycles. The van der Waals surface area contributed by atoms with Crippen molar-refractivity contribution in [3.05, 3.63) is 53.1 Å². The van der Waals surface area contributed by atoms with E-state index in [0.29, 0.717) is 34.9 Å². The number of amides is 1. The number of benzene rings is 2. The average Bonchev–Trinajstić information content (AvgIpc) is 2.79. The van der Waals surface area contributed by atoms with Crippen LogP contribution in [0, 0.1) is 5.92 Å². The quantitative estimate of drug-likeness (QED) is 0.501. The van der Waals surface area contributed by atoms with E-state index in [1.165, 1.54) is 36.9 Å². The van der Waals surface area contributed by atoms with Crippen LogP contribution in [0.3, 0.4) is 0 Å². The molecule has 31 heavy (non-hydrogen) atoms. The number of sulfonamides is 1. The van der Waals surface area contributed by atoms with Gasteiger partial charge in [0.15, 0.2) is 11.5 Å². The molecule has 0 aromatic heterocycles. The summed E-state index contributed by atoms with van der Waals surface area (Å²) in [5.41, 5.74) is 3.21. The van der Waals surface area contributed by atoms with E-state index in [4.69, 9.17) is 21.1 Å². The van der Waals surface area contributed by atoms with Crippen molar-refractivity contribution < 1.29 is 22.7 Å². The van der Waals surface area contributed by atoms with Crippen LogP contribution in [0.1, 0.15) is 18.4 Å². The Hall–Kier alpha value is -2.62. The molecule has 1 aliphatic heterocycles. The first kappa shape index (κ1) is 23.1. The topological polar surface area (TPSA) is 97.3 Å². The summed E-state index contributed by atoms with van der Waals surface area (Å²) in [5, 5.41) is 4.50. The molecule has 0 atom stereocenters. The van der Waals surface area contributed by atoms with Crippen LogP contribution in [0.5, 0.6) is 11.5 Å². The summed E-state index contributed by atoms with van der Waals surface area (Å²) in [6.07, 6.45) is 2.29. The molecule has 1 fully saturated rings. The Kier molecular flexibility index (Phi) is 7.53. The Balaban J connectivity index is 1.59. The van der Waals surface area contributed by atoms with Gasteiger partial charge in [-0.15, -0.1) is 0 Å². The van der Waals surface area contributed by atoms with Crippen LogP contribution in [0.25, 0.3) is 0 Å². The number of hydrogen-bond acceptors (Lipinski definition) is 6. The predicted octanol–water partition coefficient (Wildman–Crippen LogP) is 2.91. The minimum atomic E-state index is -3.70. The molecule has 2 aromatic carbocycles. The van der Waals surface area contributed by atoms with Gasteiger partial charge in [-0.3, -0.25) is 4.79 Å². The fourth-order valence-corrected chi connectivity index (χ4v) is 4.99. The van der Waals surface area contributed by atoms with Crippen LogP contribution in [0.15, 0.2) is 52.5 Å². The number of hydrazone groups is 1. The molecule has 10 heteroatoms. The molecule has 8 nitrogen and oxygen atoms in total. The normalized spacial score (nSPS) is 15.7. The molecule has 1 amide bonds. The summed E-state index contributed by atoms with van der Waals surface area (Å²) >= 11 is 6.05. The lowest BCUT2D eigenvalue weighted by Crippen LogP contribution is -2.42. The standard InChI is InChI=1S/C21H24ClN3O5S/c1-29-19-8-7-17(13-20(19)30-2)31(27,28)25-11-9-15(10-12-25)21(26)24-23-14-16-5-3-4-6-18(16)22/h3-8,13-15H,9-12H2,1-2H3,(H,24,26)/b23-14-. The minimum Gasteiger partial charge on any atom is -0.493 e. The Labute approximate surface area is 186 Å². The molecule has 1 N–H and O–H groups in total. The number of hydrogen-bond donors (Lipinski definition) is 1. The number of ether oxygens (including phenoxy) is 2. The molecule has 0 bridgehead atoms. The van der Waals surface area contributed by atoms with E-state index >= 15 is 0 Å². The first-order valence-corrected chi connectivity index (χ1v) is 11.5. The highest BCUT2D eigenvalue weighted by Gasteiger charge is 2.32. The number of nitrogens with zero attached hydrogens (tertiary/aromatic N) is 2. The Bertz CT molecular complexity index is 1070. The SMILES string of the molecule is COc1ccc(S(=O)(=O)N2CCC(C(=O)N/N=C\c3ccccc3Cl)CC2)cc1OC. The number of carbonyl (C=O) groups is 1. The van der Waals surface area contributed by atoms with Crippen LogP contribution < -0.4 is 14.9 Å². The largest absolute Gasteiger partial charge is 0.493 e. The summed E-state index contributed by atoms with van der Waals surface area (Å²) in [4.78, 5) is 12.5. The van der Waals surface area contributed by atoms with Crippen molar-refractivity contribution in [1.29, 1.82) is 0 Å². The summed E-state index contributed by atoms with van der Waals surface area (Å²) in [6.45, 7) is 0.478. The molecule has 3 rings (SSSR count). The zero-order valence-corrected chi connectivity index (χ0v) is 18.8. The summed E-state index contributed by atoms with van der Waals surface area (Å²) in [6, 6.07) is 11.6. The van der Waals surface area contributed by atoms with Crippen LogP contribution in [0.4, 0.5) is 0 Å². The maximum atomic E-state index is 13.0. The lowest BCUT2D eigenvalue weighted by Gasteiger charge is -2.30. The third-order valence-electron chi connectivity index (χ3n) is 5.10. The van der Waals surface area contributed by atoms with Crippen molar-refractivity contribution in [3.63, 3.8) is 0 Å². The van der Waals surface area contributed by atoms with Crippen LogP contribution in [-0.2, 0) is 14.8 Å². The second kappa shape index (κ2) is 10.1. The lowest BCUT2D eigenvalue weighted by molar-refractivity contribution is -0.126. The Morgan fingerprint density at radius 3 is 2.45 bits per heavy atom. The van der Waals surface area contributed by atoms with Gasteiger partial charge in [0.2, 0.25) is 15.9 Å². The summed E-state index contributed by atoms with van der Waals surface area (Å²) < 4.78 is 37.7. The van der Waals surface area contributed by atoms with Crippen molar-refractivity contribution in [1.82, 2.24) is 9.73 Å². The molecule has 1 saturated heterocycles. The third-order valence-corrected chi connectivity index (χ3v) is 7.34. The van der Waals surface area contributed by atoms with E-state index < -0.39 is 10.0 Å². The van der Waals surface area contributed by atoms with Crippen molar-refractivity contribution in [2.24, 2.45) is 11.0 Å². The van der Waals surface area contributed by atoms with Gasteiger partial charge in [0.25, 0.3) is 0 Å². The fourth-order valence-electron chi connectivity index (χ4n) is 3.32. The highest BCUT2D eigenvalue weighted by Crippen LogP contribution is 2.32. The van der Waals surface area contributed by atoms with E-state index in [9.17, 15) is 13.2 Å². The van der Waals surface area contributed by atoms with Gasteiger partial charge in [0.1, 0.15) is 0 Å². The predicted molar refractivity (Wildman–Crippen MR) is 118 cm³/mol. The average molecular weight is 466 g/mol. The van der Waals surface area contributed by atoms with E-state index in [0.717, 1.165) is 0 Å². The third kappa shape index (κ3) is 5.36. The smallest absolute Gasteiger partial charge is 0.243 e. The van der Waals surface area contributed by atoms with Crippen molar-refractivity contribution >= 4 is 33.7 Å².